The maximum atomic E-state index is 13.3. The Balaban J connectivity index is 3.31. The predicted octanol–water partition coefficient (Wildman–Crippen LogP) is 2.34. The largest absolute Gasteiger partial charge is 0.386 e. The summed E-state index contributed by atoms with van der Waals surface area (Å²) in [5, 5.41) is 13.1. The van der Waals surface area contributed by atoms with Gasteiger partial charge in [-0.15, -0.1) is 0 Å². The summed E-state index contributed by atoms with van der Waals surface area (Å²) in [4.78, 5) is 9.84. The Morgan fingerprint density at radius 2 is 2.21 bits per heavy atom. The number of hydrogen-bond donors (Lipinski definition) is 1. The Bertz CT molecular complexity index is 366. The molecule has 1 aromatic rings. The second kappa shape index (κ2) is 4.04. The van der Waals surface area contributed by atoms with Crippen LogP contribution < -0.4 is 5.32 Å². The third kappa shape index (κ3) is 1.81. The van der Waals surface area contributed by atoms with Gasteiger partial charge in [0, 0.05) is 13.1 Å². The maximum Gasteiger partial charge on any atom is 0.272 e. The minimum atomic E-state index is -0.596. The van der Waals surface area contributed by atoms with Crippen LogP contribution in [0.2, 0.25) is 0 Å². The molecule has 0 radical (unpaired) electrons. The van der Waals surface area contributed by atoms with Crippen LogP contribution in [-0.4, -0.2) is 12.0 Å². The summed E-state index contributed by atoms with van der Waals surface area (Å²) in [6.07, 6.45) is 0.550. The van der Waals surface area contributed by atoms with E-state index >= 15 is 0 Å². The van der Waals surface area contributed by atoms with Gasteiger partial charge in [0.25, 0.3) is 5.69 Å². The van der Waals surface area contributed by atoms with Crippen molar-refractivity contribution in [2.45, 2.75) is 13.3 Å². The van der Waals surface area contributed by atoms with Crippen molar-refractivity contribution in [3.05, 3.63) is 33.6 Å². The molecule has 0 aliphatic rings. The number of anilines is 1. The molecule has 0 fully saturated rings. The molecule has 0 bridgehead atoms. The van der Waals surface area contributed by atoms with Gasteiger partial charge in [0.15, 0.2) is 5.82 Å². The lowest BCUT2D eigenvalue weighted by Crippen LogP contribution is -2.00. The zero-order valence-corrected chi connectivity index (χ0v) is 8.00. The molecule has 0 amide bonds. The Kier molecular flexibility index (Phi) is 3.01. The molecule has 1 aromatic carbocycles. The molecule has 1 N–H and O–H groups in total. The minimum absolute atomic E-state index is 0.210. The number of halogens is 1. The average Bonchev–Trinajstić information content (AvgIpc) is 2.16. The van der Waals surface area contributed by atoms with Gasteiger partial charge >= 0.3 is 0 Å². The van der Waals surface area contributed by atoms with E-state index < -0.39 is 10.7 Å². The number of rotatable bonds is 3. The Hall–Kier alpha value is -1.65. The first-order chi connectivity index (χ1) is 6.60. The molecule has 14 heavy (non-hydrogen) atoms. The van der Waals surface area contributed by atoms with Gasteiger partial charge in [0.1, 0.15) is 0 Å². The summed E-state index contributed by atoms with van der Waals surface area (Å²) in [6.45, 7) is 1.82. The number of nitro groups is 1. The van der Waals surface area contributed by atoms with Crippen molar-refractivity contribution < 1.29 is 9.31 Å². The van der Waals surface area contributed by atoms with Crippen molar-refractivity contribution in [2.75, 3.05) is 12.4 Å². The van der Waals surface area contributed by atoms with E-state index in [0.717, 1.165) is 6.07 Å². The Morgan fingerprint density at radius 1 is 1.57 bits per heavy atom. The second-order valence-corrected chi connectivity index (χ2v) is 2.82. The number of benzene rings is 1. The van der Waals surface area contributed by atoms with Gasteiger partial charge in [-0.1, -0.05) is 6.92 Å². The van der Waals surface area contributed by atoms with E-state index in [9.17, 15) is 14.5 Å². The number of aryl methyl sites for hydroxylation is 1. The van der Waals surface area contributed by atoms with E-state index in [1.54, 1.807) is 7.05 Å². The first kappa shape index (κ1) is 10.4. The molecule has 1 rings (SSSR count). The maximum absolute atomic E-state index is 13.3. The molecule has 0 heterocycles. The van der Waals surface area contributed by atoms with Crippen LogP contribution in [0, 0.1) is 15.9 Å². The molecule has 0 aliphatic carbocycles. The fourth-order valence-electron chi connectivity index (χ4n) is 1.31. The van der Waals surface area contributed by atoms with Crippen molar-refractivity contribution in [3.8, 4) is 0 Å². The Morgan fingerprint density at radius 3 is 2.64 bits per heavy atom. The fourth-order valence-corrected chi connectivity index (χ4v) is 1.31. The molecule has 4 nitrogen and oxygen atoms in total. The number of non-ortho nitro benzene ring substituents is 1. The lowest BCUT2D eigenvalue weighted by molar-refractivity contribution is -0.385. The van der Waals surface area contributed by atoms with Crippen LogP contribution >= 0.6 is 0 Å². The molecule has 0 saturated carbocycles. The normalized spacial score (nSPS) is 9.93. The van der Waals surface area contributed by atoms with Crippen LogP contribution in [0.15, 0.2) is 12.1 Å². The first-order valence-corrected chi connectivity index (χ1v) is 4.24. The van der Waals surface area contributed by atoms with Gasteiger partial charge in [-0.2, -0.15) is 0 Å². The summed E-state index contributed by atoms with van der Waals surface area (Å²) in [5.74, 6) is -0.585. The summed E-state index contributed by atoms with van der Waals surface area (Å²) in [7, 11) is 1.59. The molecule has 0 saturated heterocycles. The van der Waals surface area contributed by atoms with Crippen LogP contribution in [0.1, 0.15) is 12.5 Å². The van der Waals surface area contributed by atoms with E-state index in [-0.39, 0.29) is 5.69 Å². The van der Waals surface area contributed by atoms with Crippen LogP contribution in [0.4, 0.5) is 15.8 Å². The van der Waals surface area contributed by atoms with E-state index in [2.05, 4.69) is 5.32 Å². The monoisotopic (exact) mass is 198 g/mol. The molecule has 0 aromatic heterocycles. The van der Waals surface area contributed by atoms with Crippen LogP contribution in [0.25, 0.3) is 0 Å². The Labute approximate surface area is 80.9 Å². The zero-order valence-electron chi connectivity index (χ0n) is 8.00. The highest BCUT2D eigenvalue weighted by atomic mass is 19.1. The highest BCUT2D eigenvalue weighted by Gasteiger charge is 2.14. The van der Waals surface area contributed by atoms with Crippen molar-refractivity contribution in [1.82, 2.24) is 0 Å². The van der Waals surface area contributed by atoms with Gasteiger partial charge in [-0.05, 0) is 12.0 Å². The van der Waals surface area contributed by atoms with Gasteiger partial charge in [-0.25, -0.2) is 4.39 Å². The molecule has 0 unspecified atom stereocenters. The molecule has 0 atom stereocenters. The van der Waals surface area contributed by atoms with Crippen molar-refractivity contribution in [1.29, 1.82) is 0 Å². The van der Waals surface area contributed by atoms with Crippen molar-refractivity contribution in [3.63, 3.8) is 0 Å². The molecule has 76 valence electrons. The number of nitro benzene ring substituents is 1. The molecule has 0 spiro atoms. The minimum Gasteiger partial charge on any atom is -0.386 e. The zero-order chi connectivity index (χ0) is 10.7. The van der Waals surface area contributed by atoms with E-state index in [1.807, 2.05) is 6.92 Å². The smallest absolute Gasteiger partial charge is 0.272 e. The lowest BCUT2D eigenvalue weighted by Gasteiger charge is -2.07. The van der Waals surface area contributed by atoms with Crippen LogP contribution in [0.3, 0.4) is 0 Å². The van der Waals surface area contributed by atoms with Gasteiger partial charge in [0.05, 0.1) is 16.7 Å². The quantitative estimate of drug-likeness (QED) is 0.599. The summed E-state index contributed by atoms with van der Waals surface area (Å²) in [5.41, 5.74) is 0.732. The van der Waals surface area contributed by atoms with Crippen LogP contribution in [0.5, 0.6) is 0 Å². The molecule has 5 heteroatoms. The summed E-state index contributed by atoms with van der Waals surface area (Å²) in [6, 6.07) is 2.31. The standard InChI is InChI=1S/C9H11FN2O2/c1-3-6-4-7(12(13)14)5-8(10)9(6)11-2/h4-5,11H,3H2,1-2H3. The average molecular weight is 198 g/mol. The number of nitrogens with one attached hydrogen (secondary N) is 1. The van der Waals surface area contributed by atoms with Crippen molar-refractivity contribution >= 4 is 11.4 Å². The van der Waals surface area contributed by atoms with E-state index in [0.29, 0.717) is 17.7 Å². The highest BCUT2D eigenvalue weighted by Crippen LogP contribution is 2.25. The van der Waals surface area contributed by atoms with E-state index in [1.165, 1.54) is 6.07 Å². The number of nitrogens with zero attached hydrogens (tertiary/aromatic N) is 1. The topological polar surface area (TPSA) is 55.2 Å². The lowest BCUT2D eigenvalue weighted by atomic mass is 10.1. The molecule has 0 aliphatic heterocycles. The summed E-state index contributed by atoms with van der Waals surface area (Å²) >= 11 is 0. The highest BCUT2D eigenvalue weighted by molar-refractivity contribution is 5.56. The van der Waals surface area contributed by atoms with E-state index in [4.69, 9.17) is 0 Å². The van der Waals surface area contributed by atoms with Gasteiger partial charge < -0.3 is 5.32 Å². The van der Waals surface area contributed by atoms with Crippen LogP contribution in [-0.2, 0) is 6.42 Å². The SMILES string of the molecule is CCc1cc([N+](=O)[O-])cc(F)c1NC. The van der Waals surface area contributed by atoms with Crippen molar-refractivity contribution in [2.24, 2.45) is 0 Å². The predicted molar refractivity (Wildman–Crippen MR) is 52.0 cm³/mol. The summed E-state index contributed by atoms with van der Waals surface area (Å²) < 4.78 is 13.3. The van der Waals surface area contributed by atoms with Gasteiger partial charge in [0.2, 0.25) is 0 Å². The fraction of sp³-hybridized carbons (Fsp3) is 0.333. The molecular formula is C9H11FN2O2. The number of hydrogen-bond acceptors (Lipinski definition) is 3. The van der Waals surface area contributed by atoms with Gasteiger partial charge in [-0.3, -0.25) is 10.1 Å². The molecular weight excluding hydrogens is 187 g/mol. The first-order valence-electron chi connectivity index (χ1n) is 4.24. The third-order valence-corrected chi connectivity index (χ3v) is 2.00. The third-order valence-electron chi connectivity index (χ3n) is 2.00. The second-order valence-electron chi connectivity index (χ2n) is 2.82.